The molecule has 0 unspecified atom stereocenters. The van der Waals surface area contributed by atoms with Crippen molar-refractivity contribution < 1.29 is 9.18 Å². The number of nitrogens with two attached hydrogens (primary N) is 1. The van der Waals surface area contributed by atoms with E-state index >= 15 is 0 Å². The maximum Gasteiger partial charge on any atom is 0.222 e. The SMILES string of the molecule is NCCCC(=O)N1CCN(Cc2ccc(F)cc2Cl)CC1. The first kappa shape index (κ1) is 16.2. The molecule has 1 aliphatic heterocycles. The number of hydrogen-bond acceptors (Lipinski definition) is 3. The van der Waals surface area contributed by atoms with Crippen molar-refractivity contribution >= 4 is 17.5 Å². The number of halogens is 2. The summed E-state index contributed by atoms with van der Waals surface area (Å²) in [4.78, 5) is 16.0. The standard InChI is InChI=1S/C15H21ClFN3O/c16-14-10-13(17)4-3-12(14)11-19-6-8-20(9-7-19)15(21)2-1-5-18/h3-4,10H,1-2,5-9,11,18H2. The van der Waals surface area contributed by atoms with E-state index in [9.17, 15) is 9.18 Å². The van der Waals surface area contributed by atoms with Gasteiger partial charge in [-0.05, 0) is 30.7 Å². The number of hydrogen-bond donors (Lipinski definition) is 1. The minimum Gasteiger partial charge on any atom is -0.340 e. The topological polar surface area (TPSA) is 49.6 Å². The average Bonchev–Trinajstić information content (AvgIpc) is 2.48. The van der Waals surface area contributed by atoms with Crippen LogP contribution in [0.1, 0.15) is 18.4 Å². The van der Waals surface area contributed by atoms with E-state index < -0.39 is 0 Å². The third-order valence-corrected chi connectivity index (χ3v) is 4.08. The second kappa shape index (κ2) is 7.73. The number of amides is 1. The maximum atomic E-state index is 13.0. The van der Waals surface area contributed by atoms with Gasteiger partial charge in [-0.25, -0.2) is 4.39 Å². The van der Waals surface area contributed by atoms with Crippen molar-refractivity contribution in [1.29, 1.82) is 0 Å². The largest absolute Gasteiger partial charge is 0.340 e. The van der Waals surface area contributed by atoms with Gasteiger partial charge in [0.1, 0.15) is 5.82 Å². The number of carbonyl (C=O) groups excluding carboxylic acids is 1. The Bertz CT molecular complexity index is 490. The molecule has 6 heteroatoms. The monoisotopic (exact) mass is 313 g/mol. The molecule has 0 saturated carbocycles. The maximum absolute atomic E-state index is 13.0. The Hall–Kier alpha value is -1.17. The summed E-state index contributed by atoms with van der Waals surface area (Å²) in [7, 11) is 0. The van der Waals surface area contributed by atoms with Gasteiger partial charge in [0.25, 0.3) is 0 Å². The molecule has 1 heterocycles. The van der Waals surface area contributed by atoms with Crippen LogP contribution in [0, 0.1) is 5.82 Å². The van der Waals surface area contributed by atoms with Gasteiger partial charge in [0.05, 0.1) is 0 Å². The zero-order chi connectivity index (χ0) is 15.2. The predicted octanol–water partition coefficient (Wildman–Crippen LogP) is 1.86. The molecule has 1 amide bonds. The first-order chi connectivity index (χ1) is 10.1. The summed E-state index contributed by atoms with van der Waals surface area (Å²) in [5, 5.41) is 0.455. The van der Waals surface area contributed by atoms with Gasteiger partial charge in [-0.1, -0.05) is 17.7 Å². The highest BCUT2D eigenvalue weighted by Crippen LogP contribution is 2.19. The molecular formula is C15H21ClFN3O. The van der Waals surface area contributed by atoms with Crippen LogP contribution < -0.4 is 5.73 Å². The minimum atomic E-state index is -0.320. The molecule has 0 aliphatic carbocycles. The summed E-state index contributed by atoms with van der Waals surface area (Å²) >= 11 is 6.04. The lowest BCUT2D eigenvalue weighted by Gasteiger charge is -2.35. The summed E-state index contributed by atoms with van der Waals surface area (Å²) in [6.45, 7) is 4.30. The minimum absolute atomic E-state index is 0.180. The molecule has 2 rings (SSSR count). The van der Waals surface area contributed by atoms with E-state index in [4.69, 9.17) is 17.3 Å². The number of carbonyl (C=O) groups is 1. The van der Waals surface area contributed by atoms with Crippen LogP contribution in [0.5, 0.6) is 0 Å². The first-order valence-corrected chi connectivity index (χ1v) is 7.62. The van der Waals surface area contributed by atoms with E-state index in [0.717, 1.165) is 38.2 Å². The molecule has 0 radical (unpaired) electrons. The molecule has 1 fully saturated rings. The van der Waals surface area contributed by atoms with Crippen molar-refractivity contribution in [3.8, 4) is 0 Å². The van der Waals surface area contributed by atoms with Gasteiger partial charge >= 0.3 is 0 Å². The first-order valence-electron chi connectivity index (χ1n) is 7.24. The van der Waals surface area contributed by atoms with Crippen LogP contribution in [-0.4, -0.2) is 48.4 Å². The lowest BCUT2D eigenvalue weighted by Crippen LogP contribution is -2.48. The summed E-state index contributed by atoms with van der Waals surface area (Å²) in [5.74, 6) is -0.140. The molecule has 2 N–H and O–H groups in total. The normalized spacial score (nSPS) is 16.2. The molecule has 0 bridgehead atoms. The number of benzene rings is 1. The van der Waals surface area contributed by atoms with E-state index in [1.165, 1.54) is 12.1 Å². The van der Waals surface area contributed by atoms with E-state index in [-0.39, 0.29) is 11.7 Å². The molecule has 0 atom stereocenters. The third kappa shape index (κ3) is 4.66. The van der Waals surface area contributed by atoms with Gasteiger partial charge in [-0.3, -0.25) is 9.69 Å². The molecule has 1 aromatic carbocycles. The lowest BCUT2D eigenvalue weighted by atomic mass is 10.2. The van der Waals surface area contributed by atoms with Crippen molar-refractivity contribution in [2.45, 2.75) is 19.4 Å². The van der Waals surface area contributed by atoms with Crippen LogP contribution in [0.2, 0.25) is 5.02 Å². The molecule has 4 nitrogen and oxygen atoms in total. The molecule has 1 aliphatic rings. The van der Waals surface area contributed by atoms with E-state index in [1.54, 1.807) is 6.07 Å². The van der Waals surface area contributed by atoms with Gasteiger partial charge in [0.15, 0.2) is 0 Å². The van der Waals surface area contributed by atoms with Crippen molar-refractivity contribution in [3.63, 3.8) is 0 Å². The average molecular weight is 314 g/mol. The van der Waals surface area contributed by atoms with Crippen LogP contribution >= 0.6 is 11.6 Å². The molecule has 0 aromatic heterocycles. The predicted molar refractivity (Wildman–Crippen MR) is 81.6 cm³/mol. The van der Waals surface area contributed by atoms with Crippen molar-refractivity contribution in [1.82, 2.24) is 9.80 Å². The quantitative estimate of drug-likeness (QED) is 0.903. The molecule has 1 aromatic rings. The van der Waals surface area contributed by atoms with E-state index in [1.807, 2.05) is 4.90 Å². The van der Waals surface area contributed by atoms with Gasteiger partial charge in [-0.2, -0.15) is 0 Å². The van der Waals surface area contributed by atoms with Crippen LogP contribution in [0.4, 0.5) is 4.39 Å². The third-order valence-electron chi connectivity index (χ3n) is 3.73. The summed E-state index contributed by atoms with van der Waals surface area (Å²) in [6, 6.07) is 4.48. The van der Waals surface area contributed by atoms with E-state index in [0.29, 0.717) is 24.5 Å². The fourth-order valence-corrected chi connectivity index (χ4v) is 2.68. The number of rotatable bonds is 5. The molecular weight excluding hydrogens is 293 g/mol. The van der Waals surface area contributed by atoms with Crippen LogP contribution in [0.15, 0.2) is 18.2 Å². The molecule has 0 spiro atoms. The number of piperazine rings is 1. The lowest BCUT2D eigenvalue weighted by molar-refractivity contribution is -0.133. The Labute approximate surface area is 129 Å². The van der Waals surface area contributed by atoms with Crippen molar-refractivity contribution in [3.05, 3.63) is 34.6 Å². The Morgan fingerprint density at radius 1 is 1.29 bits per heavy atom. The highest BCUT2D eigenvalue weighted by Gasteiger charge is 2.21. The fourth-order valence-electron chi connectivity index (χ4n) is 2.46. The summed E-state index contributed by atoms with van der Waals surface area (Å²) in [5.41, 5.74) is 6.34. The Morgan fingerprint density at radius 2 is 2.00 bits per heavy atom. The zero-order valence-electron chi connectivity index (χ0n) is 12.0. The Kier molecular flexibility index (Phi) is 5.96. The molecule has 1 saturated heterocycles. The fraction of sp³-hybridized carbons (Fsp3) is 0.533. The molecule has 116 valence electrons. The van der Waals surface area contributed by atoms with Gasteiger partial charge < -0.3 is 10.6 Å². The Morgan fingerprint density at radius 3 is 2.62 bits per heavy atom. The number of nitrogens with zero attached hydrogens (tertiary/aromatic N) is 2. The van der Waals surface area contributed by atoms with Crippen molar-refractivity contribution in [2.75, 3.05) is 32.7 Å². The van der Waals surface area contributed by atoms with E-state index in [2.05, 4.69) is 4.90 Å². The second-order valence-corrected chi connectivity index (χ2v) is 5.69. The summed E-state index contributed by atoms with van der Waals surface area (Å²) in [6.07, 6.45) is 1.27. The highest BCUT2D eigenvalue weighted by molar-refractivity contribution is 6.31. The smallest absolute Gasteiger partial charge is 0.222 e. The van der Waals surface area contributed by atoms with Gasteiger partial charge in [-0.15, -0.1) is 0 Å². The van der Waals surface area contributed by atoms with Crippen molar-refractivity contribution in [2.24, 2.45) is 5.73 Å². The Balaban J connectivity index is 1.82. The zero-order valence-corrected chi connectivity index (χ0v) is 12.8. The van der Waals surface area contributed by atoms with Crippen LogP contribution in [0.3, 0.4) is 0 Å². The molecule has 21 heavy (non-hydrogen) atoms. The van der Waals surface area contributed by atoms with Crippen LogP contribution in [-0.2, 0) is 11.3 Å². The summed E-state index contributed by atoms with van der Waals surface area (Å²) < 4.78 is 13.0. The second-order valence-electron chi connectivity index (χ2n) is 5.28. The van der Waals surface area contributed by atoms with Gasteiger partial charge in [0.2, 0.25) is 5.91 Å². The van der Waals surface area contributed by atoms with Crippen LogP contribution in [0.25, 0.3) is 0 Å². The van der Waals surface area contributed by atoms with Gasteiger partial charge in [0, 0.05) is 44.2 Å². The highest BCUT2D eigenvalue weighted by atomic mass is 35.5.